The molecule has 0 radical (unpaired) electrons. The van der Waals surface area contributed by atoms with Crippen molar-refractivity contribution in [3.05, 3.63) is 59.7 Å². The van der Waals surface area contributed by atoms with E-state index in [0.717, 1.165) is 18.7 Å². The molecular formula is C19H20N4O. The van der Waals surface area contributed by atoms with E-state index < -0.39 is 0 Å². The predicted molar refractivity (Wildman–Crippen MR) is 94.9 cm³/mol. The molecule has 1 aliphatic rings. The smallest absolute Gasteiger partial charge is 0.319 e. The molecule has 0 bridgehead atoms. The fourth-order valence-electron chi connectivity index (χ4n) is 2.84. The number of hydrogen-bond donors (Lipinski definition) is 2. The maximum absolute atomic E-state index is 12.0. The van der Waals surface area contributed by atoms with E-state index in [2.05, 4.69) is 33.7 Å². The van der Waals surface area contributed by atoms with Gasteiger partial charge in [0, 0.05) is 25.3 Å². The number of anilines is 2. The van der Waals surface area contributed by atoms with Gasteiger partial charge in [0.15, 0.2) is 0 Å². The van der Waals surface area contributed by atoms with Crippen LogP contribution in [0.5, 0.6) is 0 Å². The van der Waals surface area contributed by atoms with Crippen LogP contribution in [0.1, 0.15) is 24.0 Å². The van der Waals surface area contributed by atoms with Crippen LogP contribution in [-0.2, 0) is 6.54 Å². The number of carbonyl (C=O) groups excluding carboxylic acids is 1. The van der Waals surface area contributed by atoms with Crippen LogP contribution in [0.4, 0.5) is 16.2 Å². The van der Waals surface area contributed by atoms with Gasteiger partial charge in [0.05, 0.1) is 11.3 Å². The van der Waals surface area contributed by atoms with Crippen molar-refractivity contribution in [1.29, 1.82) is 5.26 Å². The second-order valence-corrected chi connectivity index (χ2v) is 5.83. The van der Waals surface area contributed by atoms with Crippen molar-refractivity contribution in [2.75, 3.05) is 23.3 Å². The third kappa shape index (κ3) is 3.85. The Balaban J connectivity index is 1.53. The van der Waals surface area contributed by atoms with Gasteiger partial charge < -0.3 is 15.5 Å². The average Bonchev–Trinajstić information content (AvgIpc) is 3.15. The van der Waals surface area contributed by atoms with Crippen molar-refractivity contribution in [2.24, 2.45) is 0 Å². The van der Waals surface area contributed by atoms with Crippen LogP contribution in [0.3, 0.4) is 0 Å². The van der Waals surface area contributed by atoms with E-state index in [1.165, 1.54) is 18.5 Å². The summed E-state index contributed by atoms with van der Waals surface area (Å²) in [6.45, 7) is 2.69. The molecule has 0 aliphatic carbocycles. The Kier molecular flexibility index (Phi) is 4.97. The lowest BCUT2D eigenvalue weighted by Crippen LogP contribution is -2.28. The van der Waals surface area contributed by atoms with Gasteiger partial charge in [-0.2, -0.15) is 5.26 Å². The molecule has 0 spiro atoms. The fourth-order valence-corrected chi connectivity index (χ4v) is 2.84. The molecule has 1 aliphatic heterocycles. The monoisotopic (exact) mass is 320 g/mol. The van der Waals surface area contributed by atoms with Gasteiger partial charge in [-0.3, -0.25) is 0 Å². The Morgan fingerprint density at radius 3 is 2.50 bits per heavy atom. The van der Waals surface area contributed by atoms with Gasteiger partial charge >= 0.3 is 6.03 Å². The van der Waals surface area contributed by atoms with E-state index in [1.54, 1.807) is 24.3 Å². The molecule has 3 rings (SSSR count). The van der Waals surface area contributed by atoms with Crippen molar-refractivity contribution in [3.8, 4) is 6.07 Å². The summed E-state index contributed by atoms with van der Waals surface area (Å²) in [5.74, 6) is 0. The number of rotatable bonds is 4. The molecule has 2 aromatic rings. The first-order valence-electron chi connectivity index (χ1n) is 8.14. The van der Waals surface area contributed by atoms with Crippen LogP contribution in [0.2, 0.25) is 0 Å². The summed E-state index contributed by atoms with van der Waals surface area (Å²) in [5, 5.41) is 14.6. The lowest BCUT2D eigenvalue weighted by atomic mass is 10.2. The van der Waals surface area contributed by atoms with Gasteiger partial charge in [0.1, 0.15) is 6.07 Å². The minimum atomic E-state index is -0.318. The van der Waals surface area contributed by atoms with E-state index >= 15 is 0 Å². The minimum absolute atomic E-state index is 0.318. The number of nitrogens with one attached hydrogen (secondary N) is 2. The number of urea groups is 1. The van der Waals surface area contributed by atoms with Gasteiger partial charge in [-0.15, -0.1) is 0 Å². The summed E-state index contributed by atoms with van der Waals surface area (Å²) in [6, 6.07) is 17.0. The Bertz CT molecular complexity index is 743. The lowest BCUT2D eigenvalue weighted by molar-refractivity contribution is 0.251. The van der Waals surface area contributed by atoms with Crippen molar-refractivity contribution in [1.82, 2.24) is 5.32 Å². The minimum Gasteiger partial charge on any atom is -0.372 e. The molecule has 2 amide bonds. The highest BCUT2D eigenvalue weighted by Crippen LogP contribution is 2.20. The van der Waals surface area contributed by atoms with Gasteiger partial charge in [0.25, 0.3) is 0 Å². The predicted octanol–water partition coefficient (Wildman–Crippen LogP) is 3.48. The summed E-state index contributed by atoms with van der Waals surface area (Å²) in [6.07, 6.45) is 2.52. The lowest BCUT2D eigenvalue weighted by Gasteiger charge is -2.17. The molecule has 0 atom stereocenters. The third-order valence-corrected chi connectivity index (χ3v) is 4.16. The Labute approximate surface area is 141 Å². The first-order chi connectivity index (χ1) is 11.8. The molecular weight excluding hydrogens is 300 g/mol. The van der Waals surface area contributed by atoms with Crippen LogP contribution in [0.15, 0.2) is 48.5 Å². The molecule has 2 aromatic carbocycles. The van der Waals surface area contributed by atoms with Crippen LogP contribution in [0.25, 0.3) is 0 Å². The number of para-hydroxylation sites is 1. The van der Waals surface area contributed by atoms with Gasteiger partial charge in [-0.05, 0) is 42.7 Å². The number of nitriles is 1. The average molecular weight is 320 g/mol. The quantitative estimate of drug-likeness (QED) is 0.906. The highest BCUT2D eigenvalue weighted by Gasteiger charge is 2.12. The van der Waals surface area contributed by atoms with Crippen molar-refractivity contribution < 1.29 is 4.79 Å². The summed E-state index contributed by atoms with van der Waals surface area (Å²) >= 11 is 0. The summed E-state index contributed by atoms with van der Waals surface area (Å²) in [7, 11) is 0. The molecule has 1 fully saturated rings. The Morgan fingerprint density at radius 2 is 1.79 bits per heavy atom. The number of carbonyl (C=O) groups is 1. The zero-order valence-corrected chi connectivity index (χ0v) is 13.5. The maximum Gasteiger partial charge on any atom is 0.319 e. The first kappa shape index (κ1) is 15.9. The van der Waals surface area contributed by atoms with E-state index in [1.807, 2.05) is 12.1 Å². The van der Waals surface area contributed by atoms with E-state index in [9.17, 15) is 4.79 Å². The molecule has 0 unspecified atom stereocenters. The van der Waals surface area contributed by atoms with Gasteiger partial charge in [0.2, 0.25) is 0 Å². The SMILES string of the molecule is N#Cc1ccccc1NC(=O)NCc1ccc(N2CCCC2)cc1. The Hall–Kier alpha value is -3.00. The summed E-state index contributed by atoms with van der Waals surface area (Å²) in [4.78, 5) is 14.4. The molecule has 5 heteroatoms. The highest BCUT2D eigenvalue weighted by molar-refractivity contribution is 5.90. The zero-order chi connectivity index (χ0) is 16.8. The summed E-state index contributed by atoms with van der Waals surface area (Å²) < 4.78 is 0. The van der Waals surface area contributed by atoms with E-state index in [0.29, 0.717) is 17.8 Å². The fraction of sp³-hybridized carbons (Fsp3) is 0.263. The van der Waals surface area contributed by atoms with Gasteiger partial charge in [-0.25, -0.2) is 4.79 Å². The van der Waals surface area contributed by atoms with Crippen molar-refractivity contribution in [3.63, 3.8) is 0 Å². The molecule has 0 saturated carbocycles. The second-order valence-electron chi connectivity index (χ2n) is 5.83. The topological polar surface area (TPSA) is 68.2 Å². The molecule has 1 saturated heterocycles. The molecule has 1 heterocycles. The molecule has 5 nitrogen and oxygen atoms in total. The first-order valence-corrected chi connectivity index (χ1v) is 8.14. The molecule has 2 N–H and O–H groups in total. The van der Waals surface area contributed by atoms with Crippen molar-refractivity contribution >= 4 is 17.4 Å². The number of nitrogens with zero attached hydrogens (tertiary/aromatic N) is 2. The number of benzene rings is 2. The van der Waals surface area contributed by atoms with Crippen LogP contribution in [0, 0.1) is 11.3 Å². The van der Waals surface area contributed by atoms with E-state index in [-0.39, 0.29) is 6.03 Å². The molecule has 122 valence electrons. The second kappa shape index (κ2) is 7.51. The summed E-state index contributed by atoms with van der Waals surface area (Å²) in [5.41, 5.74) is 3.25. The standard InChI is InChI=1S/C19H20N4O/c20-13-16-5-1-2-6-18(16)22-19(24)21-14-15-7-9-17(10-8-15)23-11-3-4-12-23/h1-2,5-10H,3-4,11-12,14H2,(H2,21,22,24). The van der Waals surface area contributed by atoms with Crippen LogP contribution < -0.4 is 15.5 Å². The Morgan fingerprint density at radius 1 is 1.08 bits per heavy atom. The third-order valence-electron chi connectivity index (χ3n) is 4.16. The highest BCUT2D eigenvalue weighted by atomic mass is 16.2. The van der Waals surface area contributed by atoms with Crippen LogP contribution >= 0.6 is 0 Å². The molecule has 24 heavy (non-hydrogen) atoms. The number of amides is 2. The maximum atomic E-state index is 12.0. The van der Waals surface area contributed by atoms with E-state index in [4.69, 9.17) is 5.26 Å². The molecule has 0 aromatic heterocycles. The van der Waals surface area contributed by atoms with Gasteiger partial charge in [-0.1, -0.05) is 24.3 Å². The largest absolute Gasteiger partial charge is 0.372 e. The number of hydrogen-bond acceptors (Lipinski definition) is 3. The van der Waals surface area contributed by atoms with Crippen LogP contribution in [-0.4, -0.2) is 19.1 Å². The normalized spacial score (nSPS) is 13.4. The van der Waals surface area contributed by atoms with Crippen molar-refractivity contribution in [2.45, 2.75) is 19.4 Å². The zero-order valence-electron chi connectivity index (χ0n) is 13.5.